The minimum Gasteiger partial charge on any atom is -0.399 e. The van der Waals surface area contributed by atoms with Crippen LogP contribution in [0, 0.1) is 0 Å². The van der Waals surface area contributed by atoms with Crippen LogP contribution in [0.5, 0.6) is 0 Å². The number of rotatable bonds is 2. The SMILES string of the molecule is NC(=O)c1cc(N)ccc1-c1cc(Cl)ccc1Cl. The standard InChI is InChI=1S/C13H10Cl2N2O/c14-7-1-4-12(15)10(5-7)9-3-2-8(16)6-11(9)13(17)18/h1-6H,16H2,(H2,17,18). The van der Waals surface area contributed by atoms with Gasteiger partial charge in [0.2, 0.25) is 5.91 Å². The average molecular weight is 281 g/mol. The number of anilines is 1. The first-order chi connectivity index (χ1) is 8.49. The van der Waals surface area contributed by atoms with Crippen LogP contribution in [-0.4, -0.2) is 5.91 Å². The molecule has 0 bridgehead atoms. The summed E-state index contributed by atoms with van der Waals surface area (Å²) in [5.41, 5.74) is 13.0. The molecule has 0 heterocycles. The fourth-order valence-electron chi connectivity index (χ4n) is 1.70. The van der Waals surface area contributed by atoms with Crippen molar-refractivity contribution < 1.29 is 4.79 Å². The Bertz CT molecular complexity index is 626. The zero-order valence-electron chi connectivity index (χ0n) is 9.28. The molecule has 0 spiro atoms. The predicted octanol–water partition coefficient (Wildman–Crippen LogP) is 3.34. The number of primary amides is 1. The quantitative estimate of drug-likeness (QED) is 0.829. The molecule has 2 aromatic rings. The Morgan fingerprint density at radius 2 is 1.72 bits per heavy atom. The van der Waals surface area contributed by atoms with Crippen LogP contribution >= 0.6 is 23.2 Å². The van der Waals surface area contributed by atoms with Crippen molar-refractivity contribution in [2.24, 2.45) is 5.73 Å². The Kier molecular flexibility index (Phi) is 3.45. The lowest BCUT2D eigenvalue weighted by Gasteiger charge is -2.10. The molecule has 18 heavy (non-hydrogen) atoms. The number of carbonyl (C=O) groups excluding carboxylic acids is 1. The van der Waals surface area contributed by atoms with Crippen molar-refractivity contribution in [2.75, 3.05) is 5.73 Å². The lowest BCUT2D eigenvalue weighted by atomic mass is 9.98. The highest BCUT2D eigenvalue weighted by Crippen LogP contribution is 2.33. The van der Waals surface area contributed by atoms with Crippen LogP contribution < -0.4 is 11.5 Å². The molecule has 1 amide bonds. The van der Waals surface area contributed by atoms with Crippen molar-refractivity contribution in [1.82, 2.24) is 0 Å². The van der Waals surface area contributed by atoms with Crippen molar-refractivity contribution in [3.8, 4) is 11.1 Å². The van der Waals surface area contributed by atoms with E-state index in [4.69, 9.17) is 34.7 Å². The van der Waals surface area contributed by atoms with Gasteiger partial charge in [0.05, 0.1) is 0 Å². The molecule has 3 nitrogen and oxygen atoms in total. The van der Waals surface area contributed by atoms with E-state index < -0.39 is 5.91 Å². The molecule has 0 saturated heterocycles. The number of benzene rings is 2. The normalized spacial score (nSPS) is 10.3. The molecular weight excluding hydrogens is 271 g/mol. The van der Waals surface area contributed by atoms with E-state index in [1.807, 2.05) is 0 Å². The number of carbonyl (C=O) groups is 1. The van der Waals surface area contributed by atoms with Gasteiger partial charge in [0.1, 0.15) is 0 Å². The second kappa shape index (κ2) is 4.88. The van der Waals surface area contributed by atoms with Gasteiger partial charge in [-0.25, -0.2) is 0 Å². The van der Waals surface area contributed by atoms with Crippen LogP contribution in [0.25, 0.3) is 11.1 Å². The molecule has 0 atom stereocenters. The van der Waals surface area contributed by atoms with Crippen molar-refractivity contribution in [1.29, 1.82) is 0 Å². The van der Waals surface area contributed by atoms with Crippen molar-refractivity contribution in [3.63, 3.8) is 0 Å². The first-order valence-electron chi connectivity index (χ1n) is 5.14. The Labute approximate surface area is 114 Å². The highest BCUT2D eigenvalue weighted by atomic mass is 35.5. The van der Waals surface area contributed by atoms with Gasteiger partial charge in [-0.1, -0.05) is 29.3 Å². The lowest BCUT2D eigenvalue weighted by Crippen LogP contribution is -2.13. The summed E-state index contributed by atoms with van der Waals surface area (Å²) < 4.78 is 0. The van der Waals surface area contributed by atoms with Crippen LogP contribution in [0.15, 0.2) is 36.4 Å². The molecule has 0 fully saturated rings. The molecule has 4 N–H and O–H groups in total. The molecule has 0 aliphatic heterocycles. The van der Waals surface area contributed by atoms with Crippen LogP contribution in [0.1, 0.15) is 10.4 Å². The van der Waals surface area contributed by atoms with Gasteiger partial charge in [0.25, 0.3) is 0 Å². The van der Waals surface area contributed by atoms with Crippen molar-refractivity contribution in [2.45, 2.75) is 0 Å². The highest BCUT2D eigenvalue weighted by Gasteiger charge is 2.13. The lowest BCUT2D eigenvalue weighted by molar-refractivity contribution is 0.100. The molecule has 0 aliphatic carbocycles. The first kappa shape index (κ1) is 12.7. The highest BCUT2D eigenvalue weighted by molar-refractivity contribution is 6.35. The third-order valence-corrected chi connectivity index (χ3v) is 3.09. The Hall–Kier alpha value is -1.71. The molecule has 0 saturated carbocycles. The van der Waals surface area contributed by atoms with Gasteiger partial charge >= 0.3 is 0 Å². The Balaban J connectivity index is 2.70. The van der Waals surface area contributed by atoms with E-state index in [-0.39, 0.29) is 0 Å². The predicted molar refractivity (Wildman–Crippen MR) is 74.8 cm³/mol. The van der Waals surface area contributed by atoms with E-state index in [0.717, 1.165) is 0 Å². The third-order valence-electron chi connectivity index (χ3n) is 2.53. The molecule has 0 radical (unpaired) electrons. The zero-order chi connectivity index (χ0) is 13.3. The second-order valence-corrected chi connectivity index (χ2v) is 4.64. The van der Waals surface area contributed by atoms with Gasteiger partial charge in [-0.2, -0.15) is 0 Å². The summed E-state index contributed by atoms with van der Waals surface area (Å²) in [6.45, 7) is 0. The Morgan fingerprint density at radius 1 is 1.00 bits per heavy atom. The first-order valence-corrected chi connectivity index (χ1v) is 5.89. The van der Waals surface area contributed by atoms with E-state index in [2.05, 4.69) is 0 Å². The molecule has 2 rings (SSSR count). The molecule has 92 valence electrons. The van der Waals surface area contributed by atoms with Gasteiger partial charge in [0, 0.05) is 26.9 Å². The number of hydrogen-bond acceptors (Lipinski definition) is 2. The van der Waals surface area contributed by atoms with E-state index in [1.165, 1.54) is 6.07 Å². The average Bonchev–Trinajstić information content (AvgIpc) is 2.32. The molecular formula is C13H10Cl2N2O. The maximum Gasteiger partial charge on any atom is 0.249 e. The van der Waals surface area contributed by atoms with Gasteiger partial charge in [-0.05, 0) is 35.9 Å². The van der Waals surface area contributed by atoms with Crippen LogP contribution in [0.2, 0.25) is 10.0 Å². The number of hydrogen-bond donors (Lipinski definition) is 2. The number of nitrogens with two attached hydrogens (primary N) is 2. The number of halogens is 2. The molecule has 0 aliphatic rings. The molecule has 0 aromatic heterocycles. The fraction of sp³-hybridized carbons (Fsp3) is 0. The van der Waals surface area contributed by atoms with E-state index in [9.17, 15) is 4.79 Å². The van der Waals surface area contributed by atoms with Gasteiger partial charge in [0.15, 0.2) is 0 Å². The van der Waals surface area contributed by atoms with E-state index in [1.54, 1.807) is 30.3 Å². The largest absolute Gasteiger partial charge is 0.399 e. The zero-order valence-corrected chi connectivity index (χ0v) is 10.8. The summed E-state index contributed by atoms with van der Waals surface area (Å²) in [6.07, 6.45) is 0. The van der Waals surface area contributed by atoms with Crippen LogP contribution in [0.4, 0.5) is 5.69 Å². The molecule has 5 heteroatoms. The minimum atomic E-state index is -0.562. The van der Waals surface area contributed by atoms with Crippen molar-refractivity contribution in [3.05, 3.63) is 52.0 Å². The summed E-state index contributed by atoms with van der Waals surface area (Å²) in [5, 5.41) is 1.02. The monoisotopic (exact) mass is 280 g/mol. The topological polar surface area (TPSA) is 69.1 Å². The van der Waals surface area contributed by atoms with Gasteiger partial charge < -0.3 is 11.5 Å². The summed E-state index contributed by atoms with van der Waals surface area (Å²) >= 11 is 12.0. The van der Waals surface area contributed by atoms with Crippen molar-refractivity contribution >= 4 is 34.8 Å². The maximum atomic E-state index is 11.4. The van der Waals surface area contributed by atoms with Crippen LogP contribution in [-0.2, 0) is 0 Å². The molecule has 0 unspecified atom stereocenters. The van der Waals surface area contributed by atoms with Gasteiger partial charge in [-0.15, -0.1) is 0 Å². The molecule has 2 aromatic carbocycles. The third kappa shape index (κ3) is 2.42. The summed E-state index contributed by atoms with van der Waals surface area (Å²) in [6, 6.07) is 9.93. The summed E-state index contributed by atoms with van der Waals surface area (Å²) in [5.74, 6) is -0.562. The number of amides is 1. The van der Waals surface area contributed by atoms with E-state index >= 15 is 0 Å². The number of nitrogen functional groups attached to an aromatic ring is 1. The minimum absolute atomic E-state index is 0.319. The summed E-state index contributed by atoms with van der Waals surface area (Å²) in [7, 11) is 0. The second-order valence-electron chi connectivity index (χ2n) is 3.79. The fourth-order valence-corrected chi connectivity index (χ4v) is 2.10. The Morgan fingerprint density at radius 3 is 2.39 bits per heavy atom. The van der Waals surface area contributed by atoms with Crippen LogP contribution in [0.3, 0.4) is 0 Å². The van der Waals surface area contributed by atoms with Gasteiger partial charge in [-0.3, -0.25) is 4.79 Å². The summed E-state index contributed by atoms with van der Waals surface area (Å²) in [4.78, 5) is 11.4. The smallest absolute Gasteiger partial charge is 0.249 e. The van der Waals surface area contributed by atoms with E-state index in [0.29, 0.717) is 32.4 Å². The maximum absolute atomic E-state index is 11.4.